The van der Waals surface area contributed by atoms with E-state index >= 15 is 0 Å². The molecule has 1 amide bonds. The fraction of sp³-hybridized carbons (Fsp3) is 0.909. The van der Waals surface area contributed by atoms with E-state index in [1.54, 1.807) is 0 Å². The fourth-order valence-corrected chi connectivity index (χ4v) is 2.25. The molecule has 7 heteroatoms. The lowest BCUT2D eigenvalue weighted by atomic mass is 10.1. The lowest BCUT2D eigenvalue weighted by molar-refractivity contribution is -0.143. The van der Waals surface area contributed by atoms with Crippen molar-refractivity contribution >= 4 is 5.91 Å². The first kappa shape index (κ1) is 13.6. The third-order valence-electron chi connectivity index (χ3n) is 3.57. The normalized spacial score (nSPS) is 27.2. The second-order valence-corrected chi connectivity index (χ2v) is 5.37. The number of likely N-dealkylation sites (tertiary alicyclic amines) is 1. The molecule has 0 aromatic heterocycles. The Kier molecular flexibility index (Phi) is 3.55. The van der Waals surface area contributed by atoms with Gasteiger partial charge in [0.1, 0.15) is 0 Å². The van der Waals surface area contributed by atoms with Crippen molar-refractivity contribution in [3.63, 3.8) is 0 Å². The van der Waals surface area contributed by atoms with Crippen molar-refractivity contribution in [1.29, 1.82) is 0 Å². The van der Waals surface area contributed by atoms with Crippen LogP contribution >= 0.6 is 0 Å². The van der Waals surface area contributed by atoms with Crippen LogP contribution in [0.2, 0.25) is 0 Å². The van der Waals surface area contributed by atoms with Gasteiger partial charge in [-0.05, 0) is 31.7 Å². The number of nitrogens with one attached hydrogen (secondary N) is 1. The number of nitrogens with two attached hydrogens (primary N) is 1. The van der Waals surface area contributed by atoms with Crippen LogP contribution in [-0.2, 0) is 4.79 Å². The first-order valence-electron chi connectivity index (χ1n) is 6.15. The van der Waals surface area contributed by atoms with Crippen molar-refractivity contribution in [3.8, 4) is 0 Å². The second kappa shape index (κ2) is 4.70. The summed E-state index contributed by atoms with van der Waals surface area (Å²) in [6.45, 7) is 0.385. The summed E-state index contributed by atoms with van der Waals surface area (Å²) in [6.07, 6.45) is -2.06. The van der Waals surface area contributed by atoms with Gasteiger partial charge in [-0.15, -0.1) is 0 Å². The van der Waals surface area contributed by atoms with Crippen LogP contribution in [0.4, 0.5) is 13.2 Å². The molecule has 0 spiro atoms. The molecule has 2 aliphatic rings. The third kappa shape index (κ3) is 3.58. The van der Waals surface area contributed by atoms with E-state index in [1.165, 1.54) is 4.90 Å². The summed E-state index contributed by atoms with van der Waals surface area (Å²) in [5.41, 5.74) is 5.01. The molecule has 1 unspecified atom stereocenters. The molecule has 2 fully saturated rings. The molecule has 0 aromatic carbocycles. The van der Waals surface area contributed by atoms with Crippen LogP contribution in [-0.4, -0.2) is 48.7 Å². The van der Waals surface area contributed by atoms with Crippen LogP contribution in [0.5, 0.6) is 0 Å². The predicted molar refractivity (Wildman–Crippen MR) is 59.8 cm³/mol. The quantitative estimate of drug-likeness (QED) is 0.777. The number of halogens is 3. The van der Waals surface area contributed by atoms with E-state index in [-0.39, 0.29) is 11.8 Å². The highest BCUT2D eigenvalue weighted by Gasteiger charge is 2.46. The molecule has 104 valence electrons. The van der Waals surface area contributed by atoms with Gasteiger partial charge in [-0.1, -0.05) is 0 Å². The second-order valence-electron chi connectivity index (χ2n) is 5.37. The Balaban J connectivity index is 1.68. The highest BCUT2D eigenvalue weighted by molar-refractivity contribution is 5.88. The standard InChI is InChI=1S/C11H18F3N3O/c12-11(13,14)7-17-4-1-8(6-17)5-16-9(18)10(15)2-3-10/h8H,1-7,15H2,(H,16,18). The van der Waals surface area contributed by atoms with Crippen molar-refractivity contribution in [1.82, 2.24) is 10.2 Å². The number of carbonyl (C=O) groups is 1. The van der Waals surface area contributed by atoms with Gasteiger partial charge in [0.25, 0.3) is 0 Å². The van der Waals surface area contributed by atoms with Crippen LogP contribution in [0, 0.1) is 5.92 Å². The van der Waals surface area contributed by atoms with E-state index in [0.29, 0.717) is 38.9 Å². The summed E-state index contributed by atoms with van der Waals surface area (Å²) in [5.74, 6) is -0.0737. The number of carbonyl (C=O) groups excluding carboxylic acids is 1. The van der Waals surface area contributed by atoms with Gasteiger partial charge < -0.3 is 11.1 Å². The molecule has 1 heterocycles. The van der Waals surface area contributed by atoms with E-state index in [9.17, 15) is 18.0 Å². The van der Waals surface area contributed by atoms with E-state index in [2.05, 4.69) is 5.32 Å². The molecule has 18 heavy (non-hydrogen) atoms. The lowest BCUT2D eigenvalue weighted by Crippen LogP contribution is -2.44. The van der Waals surface area contributed by atoms with Gasteiger partial charge in [-0.2, -0.15) is 13.2 Å². The Morgan fingerprint density at radius 1 is 1.44 bits per heavy atom. The molecule has 1 aliphatic carbocycles. The van der Waals surface area contributed by atoms with Crippen LogP contribution in [0.25, 0.3) is 0 Å². The van der Waals surface area contributed by atoms with Crippen molar-refractivity contribution in [3.05, 3.63) is 0 Å². The van der Waals surface area contributed by atoms with Gasteiger partial charge in [0.15, 0.2) is 0 Å². The maximum atomic E-state index is 12.2. The Hall–Kier alpha value is -0.820. The SMILES string of the molecule is NC1(C(=O)NCC2CCN(CC(F)(F)F)C2)CC1. The number of alkyl halides is 3. The van der Waals surface area contributed by atoms with Crippen LogP contribution in [0.3, 0.4) is 0 Å². The van der Waals surface area contributed by atoms with Crippen molar-refractivity contribution in [2.75, 3.05) is 26.2 Å². The van der Waals surface area contributed by atoms with Gasteiger partial charge >= 0.3 is 6.18 Å². The Morgan fingerprint density at radius 3 is 2.67 bits per heavy atom. The minimum Gasteiger partial charge on any atom is -0.354 e. The number of rotatable bonds is 4. The van der Waals surface area contributed by atoms with Gasteiger partial charge in [-0.25, -0.2) is 0 Å². The summed E-state index contributed by atoms with van der Waals surface area (Å²) in [7, 11) is 0. The summed E-state index contributed by atoms with van der Waals surface area (Å²) in [4.78, 5) is 12.9. The van der Waals surface area contributed by atoms with Crippen molar-refractivity contribution in [2.24, 2.45) is 11.7 Å². The van der Waals surface area contributed by atoms with Crippen molar-refractivity contribution in [2.45, 2.75) is 31.0 Å². The molecule has 0 bridgehead atoms. The monoisotopic (exact) mass is 265 g/mol. The number of hydrogen-bond donors (Lipinski definition) is 2. The zero-order chi connectivity index (χ0) is 13.4. The lowest BCUT2D eigenvalue weighted by Gasteiger charge is -2.18. The average molecular weight is 265 g/mol. The Morgan fingerprint density at radius 2 is 2.11 bits per heavy atom. The molecule has 4 nitrogen and oxygen atoms in total. The van der Waals surface area contributed by atoms with Gasteiger partial charge in [-0.3, -0.25) is 9.69 Å². The molecule has 1 saturated heterocycles. The number of hydrogen-bond acceptors (Lipinski definition) is 3. The third-order valence-corrected chi connectivity index (χ3v) is 3.57. The molecule has 1 aliphatic heterocycles. The first-order chi connectivity index (χ1) is 8.28. The summed E-state index contributed by atoms with van der Waals surface area (Å²) in [5, 5.41) is 2.74. The van der Waals surface area contributed by atoms with Gasteiger partial charge in [0.2, 0.25) is 5.91 Å². The fourth-order valence-electron chi connectivity index (χ4n) is 2.25. The largest absolute Gasteiger partial charge is 0.401 e. The van der Waals surface area contributed by atoms with Crippen LogP contribution < -0.4 is 11.1 Å². The average Bonchev–Trinajstić information content (AvgIpc) is 2.84. The molecule has 2 rings (SSSR count). The smallest absolute Gasteiger partial charge is 0.354 e. The molecular formula is C11H18F3N3O. The van der Waals surface area contributed by atoms with E-state index in [4.69, 9.17) is 5.73 Å². The van der Waals surface area contributed by atoms with Gasteiger partial charge in [0, 0.05) is 13.1 Å². The topological polar surface area (TPSA) is 58.4 Å². The van der Waals surface area contributed by atoms with Crippen LogP contribution in [0.15, 0.2) is 0 Å². The predicted octanol–water partition coefficient (Wildman–Crippen LogP) is 0.478. The zero-order valence-corrected chi connectivity index (χ0v) is 10.1. The Bertz CT molecular complexity index is 328. The molecule has 1 saturated carbocycles. The minimum absolute atomic E-state index is 0.0960. The van der Waals surface area contributed by atoms with E-state index in [0.717, 1.165) is 0 Å². The highest BCUT2D eigenvalue weighted by atomic mass is 19.4. The molecule has 1 atom stereocenters. The molecule has 0 aromatic rings. The van der Waals surface area contributed by atoms with E-state index in [1.807, 2.05) is 0 Å². The van der Waals surface area contributed by atoms with Crippen LogP contribution in [0.1, 0.15) is 19.3 Å². The van der Waals surface area contributed by atoms with Gasteiger partial charge in [0.05, 0.1) is 12.1 Å². The molecule has 0 radical (unpaired) electrons. The number of amides is 1. The molecular weight excluding hydrogens is 247 g/mol. The first-order valence-corrected chi connectivity index (χ1v) is 6.15. The highest BCUT2D eigenvalue weighted by Crippen LogP contribution is 2.32. The number of nitrogens with zero attached hydrogens (tertiary/aromatic N) is 1. The van der Waals surface area contributed by atoms with E-state index < -0.39 is 18.3 Å². The van der Waals surface area contributed by atoms with Crippen molar-refractivity contribution < 1.29 is 18.0 Å². The summed E-state index contributed by atoms with van der Waals surface area (Å²) in [6, 6.07) is 0. The maximum Gasteiger partial charge on any atom is 0.401 e. The maximum absolute atomic E-state index is 12.2. The minimum atomic E-state index is -4.15. The Labute approximate surface area is 104 Å². The summed E-state index contributed by atoms with van der Waals surface area (Å²) < 4.78 is 36.6. The molecule has 3 N–H and O–H groups in total. The summed E-state index contributed by atoms with van der Waals surface area (Å²) >= 11 is 0. The zero-order valence-electron chi connectivity index (χ0n) is 10.1.